The molecule has 7 nitrogen and oxygen atoms in total. The number of carbonyl (C=O) groups is 2. The molecule has 2 fully saturated rings. The molecule has 24 heavy (non-hydrogen) atoms. The van der Waals surface area contributed by atoms with Crippen LogP contribution in [-0.2, 0) is 9.53 Å². The van der Waals surface area contributed by atoms with Gasteiger partial charge < -0.3 is 14.7 Å². The van der Waals surface area contributed by atoms with Gasteiger partial charge in [-0.15, -0.1) is 0 Å². The molecule has 0 bridgehead atoms. The molecule has 1 saturated heterocycles. The lowest BCUT2D eigenvalue weighted by Gasteiger charge is -2.32. The van der Waals surface area contributed by atoms with Gasteiger partial charge in [-0.3, -0.25) is 14.3 Å². The van der Waals surface area contributed by atoms with Crippen molar-refractivity contribution >= 4 is 11.9 Å². The maximum Gasteiger partial charge on any atom is 0.323 e. The van der Waals surface area contributed by atoms with Gasteiger partial charge >= 0.3 is 5.97 Å². The molecular formula is C17H25N3O4. The second-order valence-corrected chi connectivity index (χ2v) is 6.64. The summed E-state index contributed by atoms with van der Waals surface area (Å²) in [6, 6.07) is 1.97. The largest absolute Gasteiger partial charge is 0.480 e. The molecule has 1 amide bonds. The van der Waals surface area contributed by atoms with Gasteiger partial charge in [0.2, 0.25) is 0 Å². The molecule has 1 aromatic rings. The van der Waals surface area contributed by atoms with Gasteiger partial charge in [0.1, 0.15) is 12.2 Å². The number of ether oxygens (including phenoxy) is 1. The molecule has 132 valence electrons. The molecule has 0 spiro atoms. The zero-order valence-electron chi connectivity index (χ0n) is 13.9. The van der Waals surface area contributed by atoms with E-state index in [9.17, 15) is 14.7 Å². The normalized spacial score (nSPS) is 20.0. The zero-order valence-corrected chi connectivity index (χ0v) is 13.9. The van der Waals surface area contributed by atoms with E-state index in [4.69, 9.17) is 4.74 Å². The van der Waals surface area contributed by atoms with E-state index in [1.54, 1.807) is 6.07 Å². The molecule has 2 aliphatic rings. The molecule has 0 unspecified atom stereocenters. The summed E-state index contributed by atoms with van der Waals surface area (Å²) >= 11 is 0. The van der Waals surface area contributed by atoms with E-state index in [-0.39, 0.29) is 24.5 Å². The summed E-state index contributed by atoms with van der Waals surface area (Å²) in [5.74, 6) is -1.24. The number of hydrogen-bond acceptors (Lipinski definition) is 4. The summed E-state index contributed by atoms with van der Waals surface area (Å²) in [5, 5.41) is 13.6. The number of carboxylic acid groups (broad SMARTS) is 1. The number of carbonyl (C=O) groups excluding carboxylic acids is 1. The predicted molar refractivity (Wildman–Crippen MR) is 86.9 cm³/mol. The van der Waals surface area contributed by atoms with Crippen LogP contribution in [0.4, 0.5) is 0 Å². The lowest BCUT2D eigenvalue weighted by atomic mass is 9.94. The van der Waals surface area contributed by atoms with Gasteiger partial charge in [0, 0.05) is 25.5 Å². The van der Waals surface area contributed by atoms with Crippen molar-refractivity contribution in [2.24, 2.45) is 0 Å². The van der Waals surface area contributed by atoms with Crippen molar-refractivity contribution in [2.75, 3.05) is 19.8 Å². The first-order valence-corrected chi connectivity index (χ1v) is 8.81. The van der Waals surface area contributed by atoms with Gasteiger partial charge in [0.15, 0.2) is 0 Å². The average Bonchev–Trinajstić information content (AvgIpc) is 3.10. The summed E-state index contributed by atoms with van der Waals surface area (Å²) in [5.41, 5.74) is 0.341. The van der Waals surface area contributed by atoms with Crippen LogP contribution in [0.1, 0.15) is 61.5 Å². The van der Waals surface area contributed by atoms with Crippen LogP contribution in [-0.4, -0.2) is 57.5 Å². The van der Waals surface area contributed by atoms with Crippen molar-refractivity contribution < 1.29 is 19.4 Å². The third-order valence-corrected chi connectivity index (χ3v) is 4.97. The number of rotatable bonds is 5. The predicted octanol–water partition coefficient (Wildman–Crippen LogP) is 2.09. The van der Waals surface area contributed by atoms with Crippen molar-refractivity contribution in [2.45, 2.75) is 57.0 Å². The van der Waals surface area contributed by atoms with Crippen LogP contribution in [0.2, 0.25) is 0 Å². The summed E-state index contributed by atoms with van der Waals surface area (Å²) in [6.07, 6.45) is 8.59. The highest BCUT2D eigenvalue weighted by atomic mass is 16.5. The minimum Gasteiger partial charge on any atom is -0.480 e. The van der Waals surface area contributed by atoms with Crippen LogP contribution < -0.4 is 0 Å². The highest BCUT2D eigenvalue weighted by molar-refractivity contribution is 5.94. The Labute approximate surface area is 141 Å². The van der Waals surface area contributed by atoms with E-state index >= 15 is 0 Å². The van der Waals surface area contributed by atoms with E-state index in [0.29, 0.717) is 18.9 Å². The topological polar surface area (TPSA) is 84.7 Å². The van der Waals surface area contributed by atoms with Crippen molar-refractivity contribution in [3.8, 4) is 0 Å². The summed E-state index contributed by atoms with van der Waals surface area (Å²) < 4.78 is 7.18. The van der Waals surface area contributed by atoms with Crippen LogP contribution in [0.15, 0.2) is 12.3 Å². The summed E-state index contributed by atoms with van der Waals surface area (Å²) in [7, 11) is 0. The van der Waals surface area contributed by atoms with Crippen LogP contribution in [0.3, 0.4) is 0 Å². The molecule has 2 heterocycles. The minimum absolute atomic E-state index is 0.00980. The van der Waals surface area contributed by atoms with Crippen molar-refractivity contribution in [3.63, 3.8) is 0 Å². The molecule has 3 rings (SSSR count). The van der Waals surface area contributed by atoms with Crippen molar-refractivity contribution in [1.29, 1.82) is 0 Å². The van der Waals surface area contributed by atoms with Gasteiger partial charge in [-0.25, -0.2) is 0 Å². The fourth-order valence-electron chi connectivity index (χ4n) is 3.66. The lowest BCUT2D eigenvalue weighted by Crippen LogP contribution is -2.44. The molecule has 1 aromatic heterocycles. The number of amides is 1. The van der Waals surface area contributed by atoms with Gasteiger partial charge in [-0.2, -0.15) is 5.10 Å². The molecule has 1 saturated carbocycles. The molecular weight excluding hydrogens is 310 g/mol. The summed E-state index contributed by atoms with van der Waals surface area (Å²) in [6.45, 7) is 1.16. The highest BCUT2D eigenvalue weighted by Crippen LogP contribution is 2.24. The Morgan fingerprint density at radius 2 is 1.92 bits per heavy atom. The Morgan fingerprint density at radius 1 is 1.21 bits per heavy atom. The van der Waals surface area contributed by atoms with Crippen LogP contribution >= 0.6 is 0 Å². The second-order valence-electron chi connectivity index (χ2n) is 6.64. The summed E-state index contributed by atoms with van der Waals surface area (Å²) in [4.78, 5) is 25.5. The fraction of sp³-hybridized carbons (Fsp3) is 0.706. The first kappa shape index (κ1) is 17.0. The first-order valence-electron chi connectivity index (χ1n) is 8.81. The number of aromatic nitrogens is 2. The number of hydrogen-bond donors (Lipinski definition) is 1. The SMILES string of the molecule is O=C(O)CN(C(=O)c1ccn(C2CCOCC2)n1)C1CCCCC1. The van der Waals surface area contributed by atoms with Gasteiger partial charge in [-0.05, 0) is 31.7 Å². The molecule has 1 aliphatic carbocycles. The van der Waals surface area contributed by atoms with Gasteiger partial charge in [0.05, 0.1) is 6.04 Å². The first-order chi connectivity index (χ1) is 11.6. The van der Waals surface area contributed by atoms with E-state index in [0.717, 1.165) is 44.9 Å². The Morgan fingerprint density at radius 3 is 2.58 bits per heavy atom. The van der Waals surface area contributed by atoms with Gasteiger partial charge in [0.25, 0.3) is 5.91 Å². The molecule has 0 atom stereocenters. The van der Waals surface area contributed by atoms with Crippen LogP contribution in [0, 0.1) is 0 Å². The van der Waals surface area contributed by atoms with Crippen molar-refractivity contribution in [1.82, 2.24) is 14.7 Å². The average molecular weight is 335 g/mol. The Hall–Kier alpha value is -1.89. The van der Waals surface area contributed by atoms with E-state index in [1.165, 1.54) is 4.90 Å². The minimum atomic E-state index is -0.974. The Kier molecular flexibility index (Phi) is 5.50. The standard InChI is InChI=1S/C17H25N3O4/c21-16(22)12-19(13-4-2-1-3-5-13)17(23)15-6-9-20(18-15)14-7-10-24-11-8-14/h6,9,13-14H,1-5,7-8,10-12H2,(H,21,22). The molecule has 7 heteroatoms. The molecule has 0 aromatic carbocycles. The fourth-order valence-corrected chi connectivity index (χ4v) is 3.66. The Balaban J connectivity index is 1.73. The van der Waals surface area contributed by atoms with Crippen LogP contribution in [0.25, 0.3) is 0 Å². The third kappa shape index (κ3) is 3.95. The van der Waals surface area contributed by atoms with Crippen LogP contribution in [0.5, 0.6) is 0 Å². The number of nitrogens with zero attached hydrogens (tertiary/aromatic N) is 3. The van der Waals surface area contributed by atoms with E-state index in [2.05, 4.69) is 5.10 Å². The third-order valence-electron chi connectivity index (χ3n) is 4.97. The number of carboxylic acids is 1. The van der Waals surface area contributed by atoms with E-state index in [1.807, 2.05) is 10.9 Å². The lowest BCUT2D eigenvalue weighted by molar-refractivity contribution is -0.138. The smallest absolute Gasteiger partial charge is 0.323 e. The van der Waals surface area contributed by atoms with Crippen molar-refractivity contribution in [3.05, 3.63) is 18.0 Å². The monoisotopic (exact) mass is 335 g/mol. The van der Waals surface area contributed by atoms with E-state index < -0.39 is 5.97 Å². The Bertz CT molecular complexity index is 574. The van der Waals surface area contributed by atoms with Gasteiger partial charge in [-0.1, -0.05) is 19.3 Å². The number of aliphatic carboxylic acids is 1. The molecule has 1 N–H and O–H groups in total. The maximum atomic E-state index is 12.8. The quantitative estimate of drug-likeness (QED) is 0.891. The zero-order chi connectivity index (χ0) is 16.9. The maximum absolute atomic E-state index is 12.8. The molecule has 1 aliphatic heterocycles. The highest BCUT2D eigenvalue weighted by Gasteiger charge is 2.29. The molecule has 0 radical (unpaired) electrons. The second kappa shape index (κ2) is 7.79.